The maximum Gasteiger partial charge on any atom is 0.268 e. The zero-order valence-corrected chi connectivity index (χ0v) is 18.8. The Bertz CT molecular complexity index is 1330. The molecular weight excluding hydrogens is 458 g/mol. The van der Waals surface area contributed by atoms with Crippen LogP contribution in [0.15, 0.2) is 43.0 Å². The largest absolute Gasteiger partial charge is 0.494 e. The zero-order valence-electron chi connectivity index (χ0n) is 18.8. The molecule has 1 saturated heterocycles. The molecule has 0 bridgehead atoms. The summed E-state index contributed by atoms with van der Waals surface area (Å²) in [5.74, 6) is -3.73. The number of alkyl halides is 2. The van der Waals surface area contributed by atoms with E-state index >= 15 is 0 Å². The second kappa shape index (κ2) is 9.89. The number of likely N-dealkylation sites (tertiary alicyclic amines) is 1. The van der Waals surface area contributed by atoms with Crippen LogP contribution in [0, 0.1) is 11.3 Å². The Hall–Kier alpha value is -4.33. The van der Waals surface area contributed by atoms with Crippen LogP contribution >= 0.6 is 0 Å². The molecule has 35 heavy (non-hydrogen) atoms. The second-order valence-corrected chi connectivity index (χ2v) is 7.93. The maximum atomic E-state index is 13.6. The molecule has 0 spiro atoms. The molecule has 3 aromatic rings. The summed E-state index contributed by atoms with van der Waals surface area (Å²) in [6.45, 7) is 1.10. The minimum absolute atomic E-state index is 0.245. The third kappa shape index (κ3) is 5.43. The average Bonchev–Trinajstić information content (AvgIpc) is 3.40. The van der Waals surface area contributed by atoms with Crippen LogP contribution in [0.25, 0.3) is 17.8 Å². The molecule has 1 aliphatic heterocycles. The van der Waals surface area contributed by atoms with E-state index in [2.05, 4.69) is 15.3 Å². The maximum absolute atomic E-state index is 13.6. The van der Waals surface area contributed by atoms with Crippen molar-refractivity contribution in [1.29, 1.82) is 5.26 Å². The predicted octanol–water partition coefficient (Wildman–Crippen LogP) is 2.79. The van der Waals surface area contributed by atoms with Crippen LogP contribution in [0.1, 0.15) is 35.0 Å². The highest BCUT2D eigenvalue weighted by molar-refractivity contribution is 6.00. The van der Waals surface area contributed by atoms with E-state index < -0.39 is 43.3 Å². The Labute approximate surface area is 199 Å². The molecule has 180 valence electrons. The van der Waals surface area contributed by atoms with Crippen molar-refractivity contribution in [3.63, 3.8) is 0 Å². The fraction of sp³-hybridized carbons (Fsp3) is 0.292. The van der Waals surface area contributed by atoms with Crippen LogP contribution < -0.4 is 10.1 Å². The van der Waals surface area contributed by atoms with E-state index in [1.165, 1.54) is 18.5 Å². The first-order chi connectivity index (χ1) is 16.8. The molecule has 0 aliphatic carbocycles. The van der Waals surface area contributed by atoms with E-state index in [0.717, 1.165) is 4.90 Å². The van der Waals surface area contributed by atoms with Gasteiger partial charge < -0.3 is 19.4 Å². The highest BCUT2D eigenvalue weighted by Crippen LogP contribution is 2.31. The SMILES string of the molecule is CCOc1ccn2cc(/C=C/c3cnccc3C(=O)NCC(=O)N3CC(F)(F)CC3C#N)nc2c1. The molecule has 1 aliphatic rings. The number of hydrogen-bond acceptors (Lipinski definition) is 6. The van der Waals surface area contributed by atoms with Gasteiger partial charge in [0.05, 0.1) is 31.5 Å². The molecule has 2 amide bonds. The first-order valence-electron chi connectivity index (χ1n) is 10.9. The Balaban J connectivity index is 1.45. The van der Waals surface area contributed by atoms with Gasteiger partial charge in [-0.1, -0.05) is 6.08 Å². The van der Waals surface area contributed by atoms with Gasteiger partial charge in [0.1, 0.15) is 17.4 Å². The smallest absolute Gasteiger partial charge is 0.268 e. The first kappa shape index (κ1) is 23.8. The summed E-state index contributed by atoms with van der Waals surface area (Å²) in [4.78, 5) is 34.4. The van der Waals surface area contributed by atoms with Gasteiger partial charge in [0.25, 0.3) is 11.8 Å². The molecule has 3 aromatic heterocycles. The van der Waals surface area contributed by atoms with Crippen molar-refractivity contribution < 1.29 is 23.1 Å². The summed E-state index contributed by atoms with van der Waals surface area (Å²) in [6, 6.07) is 5.62. The van der Waals surface area contributed by atoms with Crippen LogP contribution in [-0.4, -0.2) is 62.7 Å². The summed E-state index contributed by atoms with van der Waals surface area (Å²) < 4.78 is 34.5. The van der Waals surface area contributed by atoms with Crippen molar-refractivity contribution in [2.45, 2.75) is 25.3 Å². The van der Waals surface area contributed by atoms with Gasteiger partial charge in [-0.2, -0.15) is 5.26 Å². The molecule has 1 N–H and O–H groups in total. The Kier molecular flexibility index (Phi) is 6.73. The lowest BCUT2D eigenvalue weighted by Gasteiger charge is -2.19. The Morgan fingerprint density at radius 3 is 2.97 bits per heavy atom. The molecule has 1 unspecified atom stereocenters. The molecule has 4 rings (SSSR count). The van der Waals surface area contributed by atoms with Gasteiger partial charge in [-0.05, 0) is 25.1 Å². The number of nitrogens with one attached hydrogen (secondary N) is 1. The zero-order chi connectivity index (χ0) is 25.0. The van der Waals surface area contributed by atoms with E-state index in [1.807, 2.05) is 35.9 Å². The number of halogens is 2. The molecule has 0 radical (unpaired) electrons. The van der Waals surface area contributed by atoms with Gasteiger partial charge in [0, 0.05) is 48.4 Å². The molecule has 1 atom stereocenters. The van der Waals surface area contributed by atoms with Crippen LogP contribution in [0.2, 0.25) is 0 Å². The molecule has 1 fully saturated rings. The normalized spacial score (nSPS) is 17.0. The Morgan fingerprint density at radius 1 is 1.37 bits per heavy atom. The van der Waals surface area contributed by atoms with Gasteiger partial charge in [0.2, 0.25) is 5.91 Å². The Morgan fingerprint density at radius 2 is 2.20 bits per heavy atom. The van der Waals surface area contributed by atoms with Gasteiger partial charge in [0.15, 0.2) is 0 Å². The van der Waals surface area contributed by atoms with E-state index in [-0.39, 0.29) is 5.56 Å². The number of rotatable bonds is 7. The summed E-state index contributed by atoms with van der Waals surface area (Å²) in [5.41, 5.74) is 2.06. The van der Waals surface area contributed by atoms with Crippen molar-refractivity contribution in [3.05, 3.63) is 59.8 Å². The van der Waals surface area contributed by atoms with Crippen LogP contribution in [-0.2, 0) is 4.79 Å². The van der Waals surface area contributed by atoms with Crippen molar-refractivity contribution in [3.8, 4) is 11.8 Å². The number of imidazole rings is 1. The number of amides is 2. The summed E-state index contributed by atoms with van der Waals surface area (Å²) in [5, 5.41) is 11.5. The van der Waals surface area contributed by atoms with E-state index in [9.17, 15) is 18.4 Å². The lowest BCUT2D eigenvalue weighted by molar-refractivity contribution is -0.131. The highest BCUT2D eigenvalue weighted by Gasteiger charge is 2.47. The summed E-state index contributed by atoms with van der Waals surface area (Å²) in [6.07, 6.45) is 9.24. The number of ether oxygens (including phenoxy) is 1. The second-order valence-electron chi connectivity index (χ2n) is 7.93. The van der Waals surface area contributed by atoms with Crippen molar-refractivity contribution >= 4 is 29.6 Å². The first-order valence-corrected chi connectivity index (χ1v) is 10.9. The number of hydrogen-bond donors (Lipinski definition) is 1. The van der Waals surface area contributed by atoms with Gasteiger partial charge in [-0.15, -0.1) is 0 Å². The number of fused-ring (bicyclic) bond motifs is 1. The lowest BCUT2D eigenvalue weighted by atomic mass is 10.1. The summed E-state index contributed by atoms with van der Waals surface area (Å²) >= 11 is 0. The molecule has 9 nitrogen and oxygen atoms in total. The van der Waals surface area contributed by atoms with E-state index in [1.54, 1.807) is 18.2 Å². The molecule has 11 heteroatoms. The molecule has 4 heterocycles. The van der Waals surface area contributed by atoms with Crippen molar-refractivity contribution in [1.82, 2.24) is 24.6 Å². The van der Waals surface area contributed by atoms with Crippen LogP contribution in [0.5, 0.6) is 5.75 Å². The summed E-state index contributed by atoms with van der Waals surface area (Å²) in [7, 11) is 0. The monoisotopic (exact) mass is 480 g/mol. The average molecular weight is 480 g/mol. The minimum Gasteiger partial charge on any atom is -0.494 e. The van der Waals surface area contributed by atoms with Crippen molar-refractivity contribution in [2.24, 2.45) is 0 Å². The number of nitrogens with zero attached hydrogens (tertiary/aromatic N) is 5. The third-order valence-electron chi connectivity index (χ3n) is 5.43. The van der Waals surface area contributed by atoms with Gasteiger partial charge >= 0.3 is 0 Å². The fourth-order valence-corrected chi connectivity index (χ4v) is 3.79. The van der Waals surface area contributed by atoms with Gasteiger partial charge in [-0.3, -0.25) is 14.6 Å². The third-order valence-corrected chi connectivity index (χ3v) is 5.43. The van der Waals surface area contributed by atoms with Crippen LogP contribution in [0.3, 0.4) is 0 Å². The highest BCUT2D eigenvalue weighted by atomic mass is 19.3. The lowest BCUT2D eigenvalue weighted by Crippen LogP contribution is -2.43. The fourth-order valence-electron chi connectivity index (χ4n) is 3.79. The standard InChI is InChI=1S/C24H22F2N6O3/c1-2-35-19-6-8-31-14-17(30-21(31)9-19)4-3-16-12-28-7-5-20(16)23(34)29-13-22(33)32-15-24(25,26)10-18(32)11-27/h3-9,12,14,18H,2,10,13,15H2,1H3,(H,29,34)/b4-3+. The topological polar surface area (TPSA) is 113 Å². The molecule has 0 saturated carbocycles. The van der Waals surface area contributed by atoms with E-state index in [4.69, 9.17) is 10.00 Å². The number of carbonyl (C=O) groups is 2. The number of pyridine rings is 2. The number of aromatic nitrogens is 3. The van der Waals surface area contributed by atoms with Crippen molar-refractivity contribution in [2.75, 3.05) is 19.7 Å². The molecular formula is C24H22F2N6O3. The number of nitriles is 1. The molecule has 0 aromatic carbocycles. The quantitative estimate of drug-likeness (QED) is 0.557. The number of carbonyl (C=O) groups excluding carboxylic acids is 2. The minimum atomic E-state index is -3.12. The van der Waals surface area contributed by atoms with E-state index in [0.29, 0.717) is 29.3 Å². The van der Waals surface area contributed by atoms with Crippen LogP contribution in [0.4, 0.5) is 8.78 Å². The predicted molar refractivity (Wildman–Crippen MR) is 123 cm³/mol. The van der Waals surface area contributed by atoms with Gasteiger partial charge in [-0.25, -0.2) is 13.8 Å².